The number of carboxylic acids is 2. The van der Waals surface area contributed by atoms with Gasteiger partial charge in [0.25, 0.3) is 5.91 Å². The molecule has 0 aromatic carbocycles. The van der Waals surface area contributed by atoms with Crippen LogP contribution in [0.2, 0.25) is 0 Å². The lowest BCUT2D eigenvalue weighted by Crippen LogP contribution is -2.45. The van der Waals surface area contributed by atoms with Gasteiger partial charge in [-0.3, -0.25) is 14.4 Å². The Hall–Kier alpha value is -1.70. The van der Waals surface area contributed by atoms with Crippen LogP contribution in [0.3, 0.4) is 0 Å². The van der Waals surface area contributed by atoms with Crippen LogP contribution >= 0.6 is 0 Å². The molecule has 0 bridgehead atoms. The molecule has 0 radical (unpaired) electrons. The summed E-state index contributed by atoms with van der Waals surface area (Å²) in [6.07, 6.45) is 43.5. The molecule has 4 atom stereocenters. The second-order valence-corrected chi connectivity index (χ2v) is 22.1. The van der Waals surface area contributed by atoms with Crippen molar-refractivity contribution in [3.8, 4) is 0 Å². The van der Waals surface area contributed by atoms with Gasteiger partial charge in [0, 0.05) is 19.0 Å². The van der Waals surface area contributed by atoms with Crippen LogP contribution in [0.4, 0.5) is 4.39 Å². The van der Waals surface area contributed by atoms with Crippen LogP contribution in [0.25, 0.3) is 0 Å². The van der Waals surface area contributed by atoms with E-state index in [1.165, 1.54) is 103 Å². The molecule has 4 unspecified atom stereocenters. The van der Waals surface area contributed by atoms with Gasteiger partial charge >= 0.3 is 11.9 Å². The van der Waals surface area contributed by atoms with Crippen molar-refractivity contribution in [2.75, 3.05) is 27.2 Å². The van der Waals surface area contributed by atoms with Crippen LogP contribution in [0.1, 0.15) is 311 Å². The van der Waals surface area contributed by atoms with E-state index in [1.54, 1.807) is 0 Å². The quantitative estimate of drug-likeness (QED) is 0.0589. The van der Waals surface area contributed by atoms with Crippen LogP contribution < -0.4 is 0 Å². The zero-order valence-corrected chi connectivity index (χ0v) is 46.5. The van der Waals surface area contributed by atoms with Gasteiger partial charge in [-0.1, -0.05) is 247 Å². The highest BCUT2D eigenvalue weighted by Crippen LogP contribution is 2.44. The summed E-state index contributed by atoms with van der Waals surface area (Å²) >= 11 is 0. The molecule has 0 spiro atoms. The van der Waals surface area contributed by atoms with Crippen LogP contribution in [-0.4, -0.2) is 77.3 Å². The van der Waals surface area contributed by atoms with E-state index in [9.17, 15) is 19.5 Å². The third kappa shape index (κ3) is 36.3. The molecule has 8 heteroatoms. The third-order valence-electron chi connectivity index (χ3n) is 15.4. The van der Waals surface area contributed by atoms with Gasteiger partial charge in [-0.25, -0.2) is 4.39 Å². The van der Waals surface area contributed by atoms with E-state index in [2.05, 4.69) is 39.5 Å². The predicted octanol–water partition coefficient (Wildman–Crippen LogP) is 18.3. The molecule has 0 aliphatic heterocycles. The number of carboxylic acid groups (broad SMARTS) is 2. The first-order chi connectivity index (χ1) is 32.9. The van der Waals surface area contributed by atoms with Gasteiger partial charge < -0.3 is 20.0 Å². The average molecular weight is 966 g/mol. The van der Waals surface area contributed by atoms with Gasteiger partial charge in [0.2, 0.25) is 0 Å². The number of carbonyl (C=O) groups is 3. The van der Waals surface area contributed by atoms with E-state index in [0.29, 0.717) is 24.8 Å². The Morgan fingerprint density at radius 3 is 1.26 bits per heavy atom. The number of hydrogen-bond donors (Lipinski definition) is 2. The zero-order chi connectivity index (χ0) is 50.5. The van der Waals surface area contributed by atoms with Gasteiger partial charge in [-0.2, -0.15) is 0 Å². The molecule has 0 aromatic heterocycles. The highest BCUT2D eigenvalue weighted by molar-refractivity contribution is 5.81. The summed E-state index contributed by atoms with van der Waals surface area (Å²) in [7, 11) is 3.99. The number of rotatable bonds is 53. The molecule has 0 rings (SSSR count). The van der Waals surface area contributed by atoms with Crippen molar-refractivity contribution in [2.24, 2.45) is 17.3 Å². The lowest BCUT2D eigenvalue weighted by atomic mass is 9.67. The van der Waals surface area contributed by atoms with Crippen molar-refractivity contribution < 1.29 is 29.0 Å². The fraction of sp³-hybridized carbons (Fsp3) is 0.950. The van der Waals surface area contributed by atoms with E-state index < -0.39 is 23.5 Å². The zero-order valence-electron chi connectivity index (χ0n) is 46.5. The number of carbonyl (C=O) groups excluding carboxylic acids is 1. The minimum absolute atomic E-state index is 0.0283. The number of alkyl halides is 1. The van der Waals surface area contributed by atoms with Gasteiger partial charge in [0.1, 0.15) is 0 Å². The van der Waals surface area contributed by atoms with E-state index in [4.69, 9.17) is 5.11 Å². The normalized spacial score (nSPS) is 14.5. The Morgan fingerprint density at radius 2 is 0.824 bits per heavy atom. The lowest BCUT2D eigenvalue weighted by molar-refractivity contribution is -0.152. The first-order valence-corrected chi connectivity index (χ1v) is 29.9. The van der Waals surface area contributed by atoms with E-state index in [0.717, 1.165) is 161 Å². The van der Waals surface area contributed by atoms with Gasteiger partial charge in [-0.15, -0.1) is 0 Å². The molecular weight excluding hydrogens is 848 g/mol. The van der Waals surface area contributed by atoms with Crippen molar-refractivity contribution >= 4 is 17.8 Å². The van der Waals surface area contributed by atoms with Crippen molar-refractivity contribution in [1.29, 1.82) is 0 Å². The van der Waals surface area contributed by atoms with Crippen LogP contribution in [0.5, 0.6) is 0 Å². The Balaban J connectivity index is 6.13. The summed E-state index contributed by atoms with van der Waals surface area (Å²) in [6, 6.07) is 0.0283. The second kappa shape index (κ2) is 46.4. The minimum Gasteiger partial charge on any atom is -0.481 e. The number of unbranched alkanes of at least 4 members (excludes halogenated alkanes) is 24. The molecule has 2 N–H and O–H groups in total. The fourth-order valence-electron chi connectivity index (χ4n) is 11.0. The van der Waals surface area contributed by atoms with Crippen LogP contribution in [0.15, 0.2) is 0 Å². The minimum atomic E-state index is -1.47. The summed E-state index contributed by atoms with van der Waals surface area (Å²) in [6.45, 7) is 12.7. The number of amides is 1. The van der Waals surface area contributed by atoms with Gasteiger partial charge in [-0.05, 0) is 90.3 Å². The lowest BCUT2D eigenvalue weighted by Gasteiger charge is -2.37. The Labute approximate surface area is 422 Å². The maximum Gasteiger partial charge on any atom is 0.309 e. The maximum atomic E-state index is 15.9. The molecule has 0 heterocycles. The molecule has 0 fully saturated rings. The predicted molar refractivity (Wildman–Crippen MR) is 291 cm³/mol. The van der Waals surface area contributed by atoms with Crippen molar-refractivity contribution in [3.63, 3.8) is 0 Å². The molecule has 68 heavy (non-hydrogen) atoms. The van der Waals surface area contributed by atoms with Crippen LogP contribution in [-0.2, 0) is 14.4 Å². The van der Waals surface area contributed by atoms with E-state index >= 15 is 4.39 Å². The Bertz CT molecular complexity index is 1120. The summed E-state index contributed by atoms with van der Waals surface area (Å²) < 4.78 is 15.9. The molecule has 0 aromatic rings. The molecule has 0 saturated carbocycles. The van der Waals surface area contributed by atoms with Crippen LogP contribution in [0, 0.1) is 17.3 Å². The second-order valence-electron chi connectivity index (χ2n) is 22.1. The summed E-state index contributed by atoms with van der Waals surface area (Å²) in [5.41, 5.74) is -0.653. The maximum absolute atomic E-state index is 15.9. The number of nitrogens with zero attached hydrogens (tertiary/aromatic N) is 2. The fourth-order valence-corrected chi connectivity index (χ4v) is 11.0. The summed E-state index contributed by atoms with van der Waals surface area (Å²) in [4.78, 5) is 42.9. The van der Waals surface area contributed by atoms with Crippen molar-refractivity contribution in [3.05, 3.63) is 0 Å². The summed E-state index contributed by atoms with van der Waals surface area (Å²) in [5.74, 6) is -0.608. The number of hydrogen-bond acceptors (Lipinski definition) is 4. The standard InChI is InChI=1S/C60H117FN2O5/c1-8-13-18-21-22-25-31-38-50-63(58(66)56(61)46-39-49-62(6)7)55(44-34-27-23-24-29-36-47-57(64)65)45-35-28-26-30-37-48-60(59(67)68,51-53(40-16-11-4)42-32-19-14-9-2)52-54(41-17-12-5)43-33-20-15-10-3/h53-56H,8-52H2,1-7H3,(H,64,65)(H,67,68). The highest BCUT2D eigenvalue weighted by Gasteiger charge is 2.41. The largest absolute Gasteiger partial charge is 0.481 e. The first kappa shape index (κ1) is 66.3. The highest BCUT2D eigenvalue weighted by atomic mass is 19.1. The summed E-state index contributed by atoms with van der Waals surface area (Å²) in [5, 5.41) is 20.4. The molecule has 7 nitrogen and oxygen atoms in total. The molecule has 404 valence electrons. The Kier molecular flexibility index (Phi) is 45.2. The van der Waals surface area contributed by atoms with Gasteiger partial charge in [0.05, 0.1) is 5.41 Å². The number of aliphatic carboxylic acids is 2. The number of halogens is 1. The third-order valence-corrected chi connectivity index (χ3v) is 15.4. The van der Waals surface area contributed by atoms with E-state index in [1.807, 2.05) is 19.0 Å². The topological polar surface area (TPSA) is 98.2 Å². The molecule has 0 aliphatic rings. The molecule has 0 saturated heterocycles. The molecular formula is C60H117FN2O5. The Morgan fingerprint density at radius 1 is 0.441 bits per heavy atom. The SMILES string of the molecule is CCCCCCCCCCN(C(=O)C(F)CCCN(C)C)C(CCCCCCCCC(=O)O)CCCCCCCC(CC(CCCC)CCCCCC)(CC(CCCC)CCCCCC)C(=O)O. The monoisotopic (exact) mass is 965 g/mol. The van der Waals surface area contributed by atoms with Gasteiger partial charge in [0.15, 0.2) is 6.17 Å². The van der Waals surface area contributed by atoms with Crippen molar-refractivity contribution in [1.82, 2.24) is 9.80 Å². The van der Waals surface area contributed by atoms with E-state index in [-0.39, 0.29) is 24.8 Å². The first-order valence-electron chi connectivity index (χ1n) is 29.9. The smallest absolute Gasteiger partial charge is 0.309 e. The molecule has 0 aliphatic carbocycles. The molecule has 1 amide bonds. The average Bonchev–Trinajstić information content (AvgIpc) is 3.31. The van der Waals surface area contributed by atoms with Crippen molar-refractivity contribution in [2.45, 2.75) is 323 Å².